The van der Waals surface area contributed by atoms with Crippen molar-refractivity contribution in [3.63, 3.8) is 0 Å². The third-order valence-corrected chi connectivity index (χ3v) is 2.29. The molecule has 2 atom stereocenters. The first-order valence-electron chi connectivity index (χ1n) is 5.07. The van der Waals surface area contributed by atoms with Gasteiger partial charge in [0, 0.05) is 5.92 Å². The largest absolute Gasteiger partial charge is 0.466 e. The molecular weight excluding hydrogens is 184 g/mol. The maximum absolute atomic E-state index is 11.4. The lowest BCUT2D eigenvalue weighted by molar-refractivity contribution is -0.159. The molecule has 14 heavy (non-hydrogen) atoms. The predicted molar refractivity (Wildman–Crippen MR) is 52.4 cm³/mol. The SMILES string of the molecule is CCCC(C(=O)OCC)C(C)C(O)O. The maximum atomic E-state index is 11.4. The van der Waals surface area contributed by atoms with Gasteiger partial charge >= 0.3 is 5.97 Å². The van der Waals surface area contributed by atoms with Crippen LogP contribution in [0.1, 0.15) is 33.6 Å². The van der Waals surface area contributed by atoms with E-state index < -0.39 is 18.1 Å². The van der Waals surface area contributed by atoms with Crippen molar-refractivity contribution in [1.29, 1.82) is 0 Å². The molecule has 2 unspecified atom stereocenters. The second-order valence-electron chi connectivity index (χ2n) is 3.42. The van der Waals surface area contributed by atoms with Crippen LogP contribution in [0.5, 0.6) is 0 Å². The minimum atomic E-state index is -1.46. The van der Waals surface area contributed by atoms with Crippen molar-refractivity contribution in [2.24, 2.45) is 11.8 Å². The van der Waals surface area contributed by atoms with Crippen molar-refractivity contribution in [2.75, 3.05) is 6.61 Å². The van der Waals surface area contributed by atoms with Gasteiger partial charge in [-0.1, -0.05) is 20.3 Å². The molecule has 0 aliphatic rings. The van der Waals surface area contributed by atoms with Crippen molar-refractivity contribution >= 4 is 5.97 Å². The van der Waals surface area contributed by atoms with Crippen LogP contribution in [-0.4, -0.2) is 29.1 Å². The van der Waals surface area contributed by atoms with Crippen molar-refractivity contribution in [3.8, 4) is 0 Å². The zero-order chi connectivity index (χ0) is 11.1. The fraction of sp³-hybridized carbons (Fsp3) is 0.900. The number of rotatable bonds is 6. The van der Waals surface area contributed by atoms with Gasteiger partial charge in [-0.25, -0.2) is 0 Å². The fourth-order valence-electron chi connectivity index (χ4n) is 1.36. The Bertz CT molecular complexity index is 168. The summed E-state index contributed by atoms with van der Waals surface area (Å²) in [7, 11) is 0. The third kappa shape index (κ3) is 4.07. The summed E-state index contributed by atoms with van der Waals surface area (Å²) < 4.78 is 4.87. The van der Waals surface area contributed by atoms with Crippen LogP contribution >= 0.6 is 0 Å². The lowest BCUT2D eigenvalue weighted by Crippen LogP contribution is -2.32. The van der Waals surface area contributed by atoms with Crippen LogP contribution in [0, 0.1) is 11.8 Å². The predicted octanol–water partition coefficient (Wildman–Crippen LogP) is 0.913. The monoisotopic (exact) mass is 204 g/mol. The van der Waals surface area contributed by atoms with Crippen LogP contribution in [-0.2, 0) is 9.53 Å². The molecule has 84 valence electrons. The molecule has 0 fully saturated rings. The smallest absolute Gasteiger partial charge is 0.309 e. The van der Waals surface area contributed by atoms with Gasteiger partial charge in [-0.3, -0.25) is 4.79 Å². The van der Waals surface area contributed by atoms with Crippen molar-refractivity contribution in [2.45, 2.75) is 39.9 Å². The molecule has 0 aliphatic heterocycles. The molecular formula is C10H20O4. The van der Waals surface area contributed by atoms with Gasteiger partial charge in [0.2, 0.25) is 0 Å². The van der Waals surface area contributed by atoms with Crippen LogP contribution in [0.4, 0.5) is 0 Å². The third-order valence-electron chi connectivity index (χ3n) is 2.29. The Morgan fingerprint density at radius 1 is 1.36 bits per heavy atom. The van der Waals surface area contributed by atoms with Crippen LogP contribution in [0.15, 0.2) is 0 Å². The lowest BCUT2D eigenvalue weighted by atomic mass is 9.89. The van der Waals surface area contributed by atoms with Gasteiger partial charge in [0.25, 0.3) is 0 Å². The average Bonchev–Trinajstić information content (AvgIpc) is 2.13. The Hall–Kier alpha value is -0.610. The Balaban J connectivity index is 4.33. The molecule has 0 aliphatic carbocycles. The van der Waals surface area contributed by atoms with Crippen LogP contribution < -0.4 is 0 Å². The number of hydrogen-bond donors (Lipinski definition) is 2. The van der Waals surface area contributed by atoms with E-state index in [1.807, 2.05) is 6.92 Å². The van der Waals surface area contributed by atoms with Gasteiger partial charge in [-0.15, -0.1) is 0 Å². The molecule has 0 heterocycles. The van der Waals surface area contributed by atoms with Gasteiger partial charge in [-0.05, 0) is 13.3 Å². The van der Waals surface area contributed by atoms with Gasteiger partial charge in [0.1, 0.15) is 0 Å². The van der Waals surface area contributed by atoms with E-state index in [1.54, 1.807) is 13.8 Å². The molecule has 0 aromatic carbocycles. The second-order valence-corrected chi connectivity index (χ2v) is 3.42. The molecule has 0 rings (SSSR count). The highest BCUT2D eigenvalue weighted by atomic mass is 16.5. The van der Waals surface area contributed by atoms with Gasteiger partial charge in [0.05, 0.1) is 12.5 Å². The number of aliphatic hydroxyl groups excluding tert-OH is 1. The molecule has 0 aromatic rings. The number of esters is 1. The first kappa shape index (κ1) is 13.4. The van der Waals surface area contributed by atoms with Crippen LogP contribution in [0.3, 0.4) is 0 Å². The first-order valence-corrected chi connectivity index (χ1v) is 5.07. The Labute approximate surface area is 84.9 Å². The zero-order valence-corrected chi connectivity index (χ0v) is 9.06. The fourth-order valence-corrected chi connectivity index (χ4v) is 1.36. The van der Waals surface area contributed by atoms with E-state index in [-0.39, 0.29) is 5.97 Å². The molecule has 0 spiro atoms. The van der Waals surface area contributed by atoms with E-state index in [1.165, 1.54) is 0 Å². The van der Waals surface area contributed by atoms with Crippen molar-refractivity contribution in [1.82, 2.24) is 0 Å². The quantitative estimate of drug-likeness (QED) is 0.498. The molecule has 2 N–H and O–H groups in total. The minimum absolute atomic E-state index is 0.327. The van der Waals surface area contributed by atoms with Crippen molar-refractivity contribution in [3.05, 3.63) is 0 Å². The van der Waals surface area contributed by atoms with E-state index in [2.05, 4.69) is 0 Å². The Kier molecular flexibility index (Phi) is 6.49. The van der Waals surface area contributed by atoms with Crippen LogP contribution in [0.2, 0.25) is 0 Å². The topological polar surface area (TPSA) is 66.8 Å². The molecule has 4 nitrogen and oxygen atoms in total. The zero-order valence-electron chi connectivity index (χ0n) is 9.06. The van der Waals surface area contributed by atoms with Gasteiger partial charge in [0.15, 0.2) is 6.29 Å². The van der Waals surface area contributed by atoms with E-state index >= 15 is 0 Å². The highest BCUT2D eigenvalue weighted by Gasteiger charge is 2.29. The summed E-state index contributed by atoms with van der Waals surface area (Å²) >= 11 is 0. The standard InChI is InChI=1S/C10H20O4/c1-4-6-8(7(3)9(11)12)10(13)14-5-2/h7-9,11-12H,4-6H2,1-3H3. The summed E-state index contributed by atoms with van der Waals surface area (Å²) in [5.74, 6) is -1.23. The van der Waals surface area contributed by atoms with Gasteiger partial charge < -0.3 is 14.9 Å². The first-order chi connectivity index (χ1) is 6.54. The molecule has 0 amide bonds. The van der Waals surface area contributed by atoms with E-state index in [0.29, 0.717) is 13.0 Å². The Morgan fingerprint density at radius 2 is 1.93 bits per heavy atom. The maximum Gasteiger partial charge on any atom is 0.309 e. The molecule has 0 bridgehead atoms. The lowest BCUT2D eigenvalue weighted by Gasteiger charge is -2.22. The molecule has 0 radical (unpaired) electrons. The molecule has 4 heteroatoms. The summed E-state index contributed by atoms with van der Waals surface area (Å²) in [6, 6.07) is 0. The Morgan fingerprint density at radius 3 is 2.29 bits per heavy atom. The number of ether oxygens (including phenoxy) is 1. The summed E-state index contributed by atoms with van der Waals surface area (Å²) in [5.41, 5.74) is 0. The number of carbonyl (C=O) groups is 1. The molecule has 0 aromatic heterocycles. The number of hydrogen-bond acceptors (Lipinski definition) is 4. The number of aliphatic hydroxyl groups is 2. The second kappa shape index (κ2) is 6.79. The summed E-state index contributed by atoms with van der Waals surface area (Å²) in [6.07, 6.45) is -0.0195. The van der Waals surface area contributed by atoms with Gasteiger partial charge in [-0.2, -0.15) is 0 Å². The van der Waals surface area contributed by atoms with E-state index in [9.17, 15) is 4.79 Å². The van der Waals surface area contributed by atoms with Crippen LogP contribution in [0.25, 0.3) is 0 Å². The molecule has 0 saturated heterocycles. The highest BCUT2D eigenvalue weighted by Crippen LogP contribution is 2.21. The summed E-state index contributed by atoms with van der Waals surface area (Å²) in [5, 5.41) is 18.0. The minimum Gasteiger partial charge on any atom is -0.466 e. The van der Waals surface area contributed by atoms with Crippen molar-refractivity contribution < 1.29 is 19.7 Å². The summed E-state index contributed by atoms with van der Waals surface area (Å²) in [6.45, 7) is 5.65. The highest BCUT2D eigenvalue weighted by molar-refractivity contribution is 5.72. The normalized spacial score (nSPS) is 15.3. The average molecular weight is 204 g/mol. The summed E-state index contributed by atoms with van der Waals surface area (Å²) in [4.78, 5) is 11.4. The molecule has 0 saturated carbocycles. The number of carbonyl (C=O) groups excluding carboxylic acids is 1. The van der Waals surface area contributed by atoms with E-state index in [0.717, 1.165) is 6.42 Å². The van der Waals surface area contributed by atoms with E-state index in [4.69, 9.17) is 14.9 Å².